The van der Waals surface area contributed by atoms with E-state index in [4.69, 9.17) is 30.5 Å². The Balaban J connectivity index is 1.51. The normalized spacial score (nSPS) is 22.3. The predicted molar refractivity (Wildman–Crippen MR) is 160 cm³/mol. The molecule has 5 rings (SSSR count). The van der Waals surface area contributed by atoms with Crippen molar-refractivity contribution in [1.82, 2.24) is 0 Å². The first-order chi connectivity index (χ1) is 20.2. The molecule has 1 unspecified atom stereocenters. The molecule has 4 aromatic rings. The second-order valence-corrected chi connectivity index (χ2v) is 10.6. The fourth-order valence-electron chi connectivity index (χ4n) is 5.21. The van der Waals surface area contributed by atoms with E-state index >= 15 is 0 Å². The molecule has 41 heavy (non-hydrogen) atoms. The van der Waals surface area contributed by atoms with Crippen LogP contribution in [0.4, 0.5) is 0 Å². The van der Waals surface area contributed by atoms with E-state index in [1.807, 2.05) is 97.1 Å². The molecule has 6 heteroatoms. The third kappa shape index (κ3) is 7.50. The van der Waals surface area contributed by atoms with Gasteiger partial charge in [0.05, 0.1) is 30.9 Å². The zero-order valence-electron chi connectivity index (χ0n) is 23.1. The Bertz CT molecular complexity index is 1370. The van der Waals surface area contributed by atoms with E-state index < -0.39 is 24.4 Å². The molecule has 0 aliphatic carbocycles. The third-order valence-electron chi connectivity index (χ3n) is 7.37. The lowest BCUT2D eigenvalue weighted by Gasteiger charge is -2.46. The van der Waals surface area contributed by atoms with E-state index in [2.05, 4.69) is 6.92 Å². The molecule has 0 N–H and O–H groups in total. The minimum atomic E-state index is -0.525. The summed E-state index contributed by atoms with van der Waals surface area (Å²) in [4.78, 5) is 11.8. The zero-order valence-corrected chi connectivity index (χ0v) is 23.9. The van der Waals surface area contributed by atoms with Gasteiger partial charge in [0.2, 0.25) is 0 Å². The lowest BCUT2D eigenvalue weighted by Crippen LogP contribution is -2.57. The van der Waals surface area contributed by atoms with Crippen molar-refractivity contribution >= 4 is 17.9 Å². The summed E-state index contributed by atoms with van der Waals surface area (Å²) in [6.07, 6.45) is -0.668. The smallest absolute Gasteiger partial charge is 0.151 e. The van der Waals surface area contributed by atoms with Gasteiger partial charge in [0.1, 0.15) is 24.4 Å². The molecule has 0 aromatic heterocycles. The third-order valence-corrected chi connectivity index (χ3v) is 7.71. The number of aldehydes is 1. The van der Waals surface area contributed by atoms with Crippen LogP contribution in [0, 0.1) is 0 Å². The highest BCUT2D eigenvalue weighted by Crippen LogP contribution is 2.40. The van der Waals surface area contributed by atoms with Crippen LogP contribution in [0.25, 0.3) is 0 Å². The Labute approximate surface area is 247 Å². The lowest BCUT2D eigenvalue weighted by molar-refractivity contribution is -0.267. The standard InChI is InChI=1S/C35H35ClO5/c1-2-31-33(38-22-25-12-6-3-7-13-25)35(40-24-27-16-10-5-11-17-27)34(39-23-26-14-8-4-9-15-26)32(41-31)28-18-19-30(36)29(20-28)21-37/h3-21,31-35H,2,22-24H2,1H3/t31-,32?,33-,34+,35+/m1/s1. The van der Waals surface area contributed by atoms with Crippen molar-refractivity contribution in [3.05, 3.63) is 142 Å². The van der Waals surface area contributed by atoms with Gasteiger partial charge in [0.15, 0.2) is 6.29 Å². The average Bonchev–Trinajstić information content (AvgIpc) is 3.03. The first-order valence-electron chi connectivity index (χ1n) is 14.0. The van der Waals surface area contributed by atoms with Crippen LogP contribution in [0.1, 0.15) is 52.1 Å². The number of hydrogen-bond acceptors (Lipinski definition) is 5. The highest BCUT2D eigenvalue weighted by atomic mass is 35.5. The molecule has 1 aliphatic heterocycles. The van der Waals surface area contributed by atoms with E-state index in [1.54, 1.807) is 12.1 Å². The number of benzene rings is 4. The Morgan fingerprint density at radius 2 is 1.17 bits per heavy atom. The van der Waals surface area contributed by atoms with Gasteiger partial charge in [0.25, 0.3) is 0 Å². The van der Waals surface area contributed by atoms with Gasteiger partial charge in [-0.15, -0.1) is 0 Å². The van der Waals surface area contributed by atoms with E-state index in [0.717, 1.165) is 28.5 Å². The van der Waals surface area contributed by atoms with Crippen LogP contribution in [0.3, 0.4) is 0 Å². The highest BCUT2D eigenvalue weighted by Gasteiger charge is 2.48. The fraction of sp³-hybridized carbons (Fsp3) is 0.286. The van der Waals surface area contributed by atoms with E-state index in [0.29, 0.717) is 36.8 Å². The predicted octanol–water partition coefficient (Wildman–Crippen LogP) is 7.76. The highest BCUT2D eigenvalue weighted by molar-refractivity contribution is 6.32. The van der Waals surface area contributed by atoms with Crippen molar-refractivity contribution in [1.29, 1.82) is 0 Å². The van der Waals surface area contributed by atoms with Gasteiger partial charge >= 0.3 is 0 Å². The maximum atomic E-state index is 11.8. The van der Waals surface area contributed by atoms with Gasteiger partial charge in [-0.05, 0) is 40.8 Å². The van der Waals surface area contributed by atoms with E-state index in [9.17, 15) is 4.79 Å². The molecule has 4 aromatic carbocycles. The molecular weight excluding hydrogens is 536 g/mol. The number of hydrogen-bond donors (Lipinski definition) is 0. The molecule has 212 valence electrons. The number of rotatable bonds is 12. The molecule has 1 heterocycles. The van der Waals surface area contributed by atoms with Gasteiger partial charge < -0.3 is 18.9 Å². The van der Waals surface area contributed by atoms with Crippen molar-refractivity contribution < 1.29 is 23.7 Å². The van der Waals surface area contributed by atoms with Crippen LogP contribution in [-0.2, 0) is 38.8 Å². The number of halogens is 1. The summed E-state index contributed by atoms with van der Waals surface area (Å²) in [5.41, 5.74) is 4.38. The van der Waals surface area contributed by atoms with Crippen LogP contribution >= 0.6 is 11.6 Å². The van der Waals surface area contributed by atoms with Crippen LogP contribution < -0.4 is 0 Å². The summed E-state index contributed by atoms with van der Waals surface area (Å²) < 4.78 is 26.7. The molecule has 5 atom stereocenters. The minimum absolute atomic E-state index is 0.267. The largest absolute Gasteiger partial charge is 0.368 e. The number of ether oxygens (including phenoxy) is 4. The lowest BCUT2D eigenvalue weighted by atomic mass is 9.89. The fourth-order valence-corrected chi connectivity index (χ4v) is 5.38. The quantitative estimate of drug-likeness (QED) is 0.163. The van der Waals surface area contributed by atoms with Gasteiger partial charge in [-0.2, -0.15) is 0 Å². The molecular formula is C35H35ClO5. The maximum absolute atomic E-state index is 11.8. The zero-order chi connectivity index (χ0) is 28.4. The second kappa shape index (κ2) is 14.5. The van der Waals surface area contributed by atoms with Gasteiger partial charge in [0, 0.05) is 5.56 Å². The first-order valence-corrected chi connectivity index (χ1v) is 14.4. The molecule has 0 amide bonds. The summed E-state index contributed by atoms with van der Waals surface area (Å²) >= 11 is 6.29. The molecule has 5 nitrogen and oxygen atoms in total. The molecule has 0 radical (unpaired) electrons. The minimum Gasteiger partial charge on any atom is -0.368 e. The van der Waals surface area contributed by atoms with Crippen molar-refractivity contribution in [2.75, 3.05) is 0 Å². The SMILES string of the molecule is CC[C@H]1OC(c2ccc(Cl)c(C=O)c2)[C@H](OCc2ccccc2)[C@@H](OCc2ccccc2)[C@@H]1OCc1ccccc1. The van der Waals surface area contributed by atoms with E-state index in [-0.39, 0.29) is 6.10 Å². The molecule has 1 saturated heterocycles. The van der Waals surface area contributed by atoms with Gasteiger partial charge in [-0.3, -0.25) is 4.79 Å². The van der Waals surface area contributed by atoms with Crippen LogP contribution in [-0.4, -0.2) is 30.7 Å². The van der Waals surface area contributed by atoms with Crippen molar-refractivity contribution in [3.63, 3.8) is 0 Å². The van der Waals surface area contributed by atoms with Crippen LogP contribution in [0.2, 0.25) is 5.02 Å². The Morgan fingerprint density at radius 1 is 0.683 bits per heavy atom. The van der Waals surface area contributed by atoms with Gasteiger partial charge in [-0.25, -0.2) is 0 Å². The van der Waals surface area contributed by atoms with Crippen molar-refractivity contribution in [2.24, 2.45) is 0 Å². The molecule has 0 spiro atoms. The van der Waals surface area contributed by atoms with Crippen molar-refractivity contribution in [3.8, 4) is 0 Å². The van der Waals surface area contributed by atoms with Crippen molar-refractivity contribution in [2.45, 2.75) is 63.7 Å². The van der Waals surface area contributed by atoms with Crippen LogP contribution in [0.5, 0.6) is 0 Å². The Morgan fingerprint density at radius 3 is 1.66 bits per heavy atom. The first kappa shape index (κ1) is 29.2. The molecule has 0 saturated carbocycles. The summed E-state index contributed by atoms with van der Waals surface area (Å²) in [6, 6.07) is 35.6. The summed E-state index contributed by atoms with van der Waals surface area (Å²) in [5, 5.41) is 0.398. The molecule has 1 aliphatic rings. The topological polar surface area (TPSA) is 54.0 Å². The molecule has 0 bridgehead atoms. The summed E-state index contributed by atoms with van der Waals surface area (Å²) in [6.45, 7) is 3.26. The number of carbonyl (C=O) groups excluding carboxylic acids is 1. The summed E-state index contributed by atoms with van der Waals surface area (Å²) in [7, 11) is 0. The second-order valence-electron chi connectivity index (χ2n) is 10.2. The Kier molecular flexibility index (Phi) is 10.3. The van der Waals surface area contributed by atoms with Gasteiger partial charge in [-0.1, -0.05) is 116 Å². The average molecular weight is 571 g/mol. The Hall–Kier alpha value is -3.32. The van der Waals surface area contributed by atoms with E-state index in [1.165, 1.54) is 0 Å². The maximum Gasteiger partial charge on any atom is 0.151 e. The number of carbonyl (C=O) groups is 1. The van der Waals surface area contributed by atoms with Crippen LogP contribution in [0.15, 0.2) is 109 Å². The monoisotopic (exact) mass is 570 g/mol. The molecule has 1 fully saturated rings. The summed E-state index contributed by atoms with van der Waals surface area (Å²) in [5.74, 6) is 0.